The largest absolute Gasteiger partial charge is 0.339 e. The second kappa shape index (κ2) is 10.0. The first kappa shape index (κ1) is 23.1. The van der Waals surface area contributed by atoms with Crippen LogP contribution in [0.15, 0.2) is 42.5 Å². The molecule has 2 aromatic carbocycles. The Balaban J connectivity index is 2.07. The Bertz CT molecular complexity index is 845. The summed E-state index contributed by atoms with van der Waals surface area (Å²) in [6.45, 7) is 0. The molecule has 1 amide bonds. The first-order valence-corrected chi connectivity index (χ1v) is 10.6. The minimum atomic E-state index is -1.86. The van der Waals surface area contributed by atoms with Gasteiger partial charge in [-0.1, -0.05) is 58.0 Å². The van der Waals surface area contributed by atoms with Gasteiger partial charge < -0.3 is 16.0 Å². The highest BCUT2D eigenvalue weighted by atomic mass is 127. The molecule has 0 aliphatic heterocycles. The van der Waals surface area contributed by atoms with Crippen molar-refractivity contribution in [1.82, 2.24) is 10.6 Å². The van der Waals surface area contributed by atoms with Crippen LogP contribution < -0.4 is 16.0 Å². The third-order valence-electron chi connectivity index (χ3n) is 3.16. The number of carbonyl (C=O) groups is 1. The third-order valence-corrected chi connectivity index (χ3v) is 5.49. The maximum Gasteiger partial charge on any atom is 0.252 e. The van der Waals surface area contributed by atoms with Gasteiger partial charge in [-0.05, 0) is 77.3 Å². The van der Waals surface area contributed by atoms with Crippen LogP contribution in [-0.4, -0.2) is 21.0 Å². The average molecular weight is 598 g/mol. The predicted molar refractivity (Wildman–Crippen MR) is 127 cm³/mol. The van der Waals surface area contributed by atoms with E-state index in [0.29, 0.717) is 21.3 Å². The van der Waals surface area contributed by atoms with E-state index in [9.17, 15) is 4.79 Å². The Morgan fingerprint density at radius 3 is 2.19 bits per heavy atom. The summed E-state index contributed by atoms with van der Waals surface area (Å²) in [5.41, 5.74) is 0.994. The fourth-order valence-corrected chi connectivity index (χ4v) is 3.11. The summed E-state index contributed by atoms with van der Waals surface area (Å²) in [5, 5.41) is 9.14. The monoisotopic (exact) mass is 595 g/mol. The number of rotatable bonds is 4. The molecule has 1 atom stereocenters. The van der Waals surface area contributed by atoms with Crippen LogP contribution in [-0.2, 0) is 0 Å². The highest BCUT2D eigenvalue weighted by Gasteiger charge is 2.34. The van der Waals surface area contributed by atoms with E-state index >= 15 is 0 Å². The van der Waals surface area contributed by atoms with Crippen LogP contribution in [0.4, 0.5) is 5.69 Å². The van der Waals surface area contributed by atoms with Crippen molar-refractivity contribution < 1.29 is 4.79 Å². The lowest BCUT2D eigenvalue weighted by Gasteiger charge is -2.27. The molecule has 0 aromatic heterocycles. The van der Waals surface area contributed by atoms with Crippen molar-refractivity contribution >= 4 is 110 Å². The van der Waals surface area contributed by atoms with Gasteiger partial charge in [0.2, 0.25) is 3.79 Å². The molecule has 0 radical (unpaired) electrons. The standard InChI is InChI=1S/C16H11Cl5IN3OS/c17-11-6-5-10(7-12(11)18)23-15(27)25-14(16(19,20)21)24-13(26)8-1-3-9(22)4-2-8/h1-7,14H,(H,24,26)(H2,23,25,27)/t14-/m0/s1. The van der Waals surface area contributed by atoms with Gasteiger partial charge in [-0.2, -0.15) is 0 Å². The molecule has 0 saturated heterocycles. The molecule has 0 spiro atoms. The Morgan fingerprint density at radius 2 is 1.63 bits per heavy atom. The number of nitrogens with one attached hydrogen (secondary N) is 3. The molecule has 144 valence electrons. The smallest absolute Gasteiger partial charge is 0.252 e. The molecule has 2 rings (SSSR count). The summed E-state index contributed by atoms with van der Waals surface area (Å²) in [6, 6.07) is 11.8. The molecule has 0 unspecified atom stereocenters. The van der Waals surface area contributed by atoms with E-state index in [0.717, 1.165) is 3.57 Å². The van der Waals surface area contributed by atoms with Gasteiger partial charge in [-0.3, -0.25) is 4.79 Å². The molecule has 0 bridgehead atoms. The van der Waals surface area contributed by atoms with Gasteiger partial charge in [0.05, 0.1) is 10.0 Å². The molecule has 0 saturated carbocycles. The quantitative estimate of drug-likeness (QED) is 0.175. The molecular formula is C16H11Cl5IN3OS. The van der Waals surface area contributed by atoms with Crippen molar-refractivity contribution in [2.24, 2.45) is 0 Å². The Labute approximate surface area is 200 Å². The molecular weight excluding hydrogens is 586 g/mol. The molecule has 0 aliphatic rings. The van der Waals surface area contributed by atoms with Crippen LogP contribution in [0.1, 0.15) is 10.4 Å². The molecule has 27 heavy (non-hydrogen) atoms. The fraction of sp³-hybridized carbons (Fsp3) is 0.125. The van der Waals surface area contributed by atoms with Crippen molar-refractivity contribution in [1.29, 1.82) is 0 Å². The Kier molecular flexibility index (Phi) is 8.54. The molecule has 11 heteroatoms. The fourth-order valence-electron chi connectivity index (χ4n) is 1.89. The van der Waals surface area contributed by atoms with E-state index in [4.69, 9.17) is 70.2 Å². The number of alkyl halides is 3. The molecule has 3 N–H and O–H groups in total. The van der Waals surface area contributed by atoms with Gasteiger partial charge in [-0.25, -0.2) is 0 Å². The second-order valence-corrected chi connectivity index (χ2v) is 10.0. The van der Waals surface area contributed by atoms with Gasteiger partial charge in [0.1, 0.15) is 6.17 Å². The zero-order chi connectivity index (χ0) is 20.2. The van der Waals surface area contributed by atoms with E-state index < -0.39 is 15.9 Å². The van der Waals surface area contributed by atoms with E-state index in [1.807, 2.05) is 0 Å². The molecule has 0 heterocycles. The Hall–Kier alpha value is -0.220. The van der Waals surface area contributed by atoms with E-state index in [2.05, 4.69) is 38.5 Å². The first-order chi connectivity index (χ1) is 12.6. The van der Waals surface area contributed by atoms with Crippen LogP contribution >= 0.6 is 92.8 Å². The van der Waals surface area contributed by atoms with Crippen LogP contribution in [0.5, 0.6) is 0 Å². The number of carbonyl (C=O) groups excluding carboxylic acids is 1. The number of hydrogen-bond acceptors (Lipinski definition) is 2. The summed E-state index contributed by atoms with van der Waals surface area (Å²) in [6.07, 6.45) is -1.09. The molecule has 0 fully saturated rings. The normalized spacial score (nSPS) is 12.2. The summed E-state index contributed by atoms with van der Waals surface area (Å²) >= 11 is 37.1. The summed E-state index contributed by atoms with van der Waals surface area (Å²) in [5.74, 6) is -0.424. The first-order valence-electron chi connectivity index (χ1n) is 7.22. The number of hydrogen-bond donors (Lipinski definition) is 3. The average Bonchev–Trinajstić information content (AvgIpc) is 2.57. The number of halogens is 6. The second-order valence-electron chi connectivity index (χ2n) is 5.18. The molecule has 2 aromatic rings. The SMILES string of the molecule is O=C(N[C@@H](NC(=S)Nc1ccc(Cl)c(Cl)c1)C(Cl)(Cl)Cl)c1ccc(I)cc1. The zero-order valence-electron chi connectivity index (χ0n) is 13.2. The van der Waals surface area contributed by atoms with Crippen molar-refractivity contribution in [3.8, 4) is 0 Å². The number of benzene rings is 2. The number of amides is 1. The van der Waals surface area contributed by atoms with Crippen LogP contribution in [0.3, 0.4) is 0 Å². The number of anilines is 1. The minimum absolute atomic E-state index is 0.118. The maximum absolute atomic E-state index is 12.4. The van der Waals surface area contributed by atoms with Gasteiger partial charge in [-0.15, -0.1) is 0 Å². The maximum atomic E-state index is 12.4. The minimum Gasteiger partial charge on any atom is -0.339 e. The van der Waals surface area contributed by atoms with Crippen molar-refractivity contribution in [3.05, 3.63) is 61.6 Å². The highest BCUT2D eigenvalue weighted by molar-refractivity contribution is 14.1. The van der Waals surface area contributed by atoms with Crippen molar-refractivity contribution in [2.75, 3.05) is 5.32 Å². The van der Waals surface area contributed by atoms with E-state index in [-0.39, 0.29) is 5.11 Å². The van der Waals surface area contributed by atoms with E-state index in [1.165, 1.54) is 0 Å². The van der Waals surface area contributed by atoms with Crippen molar-refractivity contribution in [3.63, 3.8) is 0 Å². The van der Waals surface area contributed by atoms with Crippen molar-refractivity contribution in [2.45, 2.75) is 9.96 Å². The van der Waals surface area contributed by atoms with Crippen LogP contribution in [0.2, 0.25) is 10.0 Å². The topological polar surface area (TPSA) is 53.2 Å². The summed E-state index contributed by atoms with van der Waals surface area (Å²) in [7, 11) is 0. The molecule has 0 aliphatic carbocycles. The third kappa shape index (κ3) is 7.27. The molecule has 4 nitrogen and oxygen atoms in total. The lowest BCUT2D eigenvalue weighted by Crippen LogP contribution is -2.56. The van der Waals surface area contributed by atoms with Gasteiger partial charge >= 0.3 is 0 Å². The number of thiocarbonyl (C=S) groups is 1. The van der Waals surface area contributed by atoms with E-state index in [1.54, 1.807) is 42.5 Å². The van der Waals surface area contributed by atoms with Gasteiger partial charge in [0.25, 0.3) is 5.91 Å². The van der Waals surface area contributed by atoms with Crippen LogP contribution in [0.25, 0.3) is 0 Å². The predicted octanol–water partition coefficient (Wildman–Crippen LogP) is 6.01. The summed E-state index contributed by atoms with van der Waals surface area (Å²) < 4.78 is -0.866. The zero-order valence-corrected chi connectivity index (χ0v) is 20.0. The van der Waals surface area contributed by atoms with Crippen LogP contribution in [0, 0.1) is 3.57 Å². The lowest BCUT2D eigenvalue weighted by atomic mass is 10.2. The lowest BCUT2D eigenvalue weighted by molar-refractivity contribution is 0.0934. The summed E-state index contributed by atoms with van der Waals surface area (Å²) in [4.78, 5) is 12.4. The Morgan fingerprint density at radius 1 is 1.00 bits per heavy atom. The van der Waals surface area contributed by atoms with Gasteiger partial charge in [0.15, 0.2) is 5.11 Å². The highest BCUT2D eigenvalue weighted by Crippen LogP contribution is 2.30. The van der Waals surface area contributed by atoms with Gasteiger partial charge in [0, 0.05) is 14.8 Å².